The van der Waals surface area contributed by atoms with E-state index in [1.165, 1.54) is 12.1 Å². The molecule has 1 aromatic carbocycles. The average Bonchev–Trinajstić information content (AvgIpc) is 3.59. The second kappa shape index (κ2) is 9.09. The average molecular weight is 523 g/mol. The predicted molar refractivity (Wildman–Crippen MR) is 142 cm³/mol. The van der Waals surface area contributed by atoms with Gasteiger partial charge in [0.25, 0.3) is 5.91 Å². The molecule has 37 heavy (non-hydrogen) atoms. The minimum atomic E-state index is -3.53. The molecule has 1 saturated carbocycles. The van der Waals surface area contributed by atoms with Gasteiger partial charge in [0.1, 0.15) is 0 Å². The van der Waals surface area contributed by atoms with Crippen molar-refractivity contribution in [3.8, 4) is 0 Å². The summed E-state index contributed by atoms with van der Waals surface area (Å²) < 4.78 is 28.3. The number of sulfonamides is 1. The molecule has 3 fully saturated rings. The maximum atomic E-state index is 13.8. The van der Waals surface area contributed by atoms with E-state index in [1.807, 2.05) is 22.4 Å². The molecule has 1 aliphatic carbocycles. The standard InChI is InChI=1S/C27H34N6O3S/c1-16-7-8-22(31-37(3,35)36)21(10-16)27(34)32-9-5-4-6-24(32)23-13-25-29-26(17(2)15-33(25)30-23)20-12-19-11-18(20)14-28-19/h7-8,10,13,15,18-20,24,28,31H,4-6,9,11-12,14H2,1-3H3/t18-,19-,20?,24-/m0/s1. The van der Waals surface area contributed by atoms with Crippen molar-refractivity contribution in [1.82, 2.24) is 24.8 Å². The van der Waals surface area contributed by atoms with E-state index in [0.29, 0.717) is 35.7 Å². The quantitative estimate of drug-likeness (QED) is 0.531. The van der Waals surface area contributed by atoms with Crippen LogP contribution in [0.15, 0.2) is 30.5 Å². The molecule has 4 atom stereocenters. The van der Waals surface area contributed by atoms with Gasteiger partial charge in [-0.2, -0.15) is 5.10 Å². The van der Waals surface area contributed by atoms with Crippen molar-refractivity contribution >= 4 is 27.3 Å². The third-order valence-corrected chi connectivity index (χ3v) is 8.80. The van der Waals surface area contributed by atoms with Crippen molar-refractivity contribution < 1.29 is 13.2 Å². The molecule has 0 radical (unpaired) electrons. The number of hydrogen-bond acceptors (Lipinski definition) is 6. The first-order valence-corrected chi connectivity index (χ1v) is 15.0. The Morgan fingerprint density at radius 1 is 1.16 bits per heavy atom. The molecule has 2 aliphatic heterocycles. The molecule has 9 nitrogen and oxygen atoms in total. The summed E-state index contributed by atoms with van der Waals surface area (Å²) in [6.07, 6.45) is 8.25. The number of benzene rings is 1. The highest BCUT2D eigenvalue weighted by atomic mass is 32.2. The van der Waals surface area contributed by atoms with E-state index in [0.717, 1.165) is 61.0 Å². The fraction of sp³-hybridized carbons (Fsp3) is 0.519. The van der Waals surface area contributed by atoms with Crippen LogP contribution in [-0.2, 0) is 10.0 Å². The summed E-state index contributed by atoms with van der Waals surface area (Å²) in [6, 6.07) is 7.66. The van der Waals surface area contributed by atoms with Crippen LogP contribution in [0.4, 0.5) is 5.69 Å². The number of likely N-dealkylation sites (tertiary alicyclic amines) is 1. The number of anilines is 1. The highest BCUT2D eigenvalue weighted by Crippen LogP contribution is 2.43. The van der Waals surface area contributed by atoms with Gasteiger partial charge >= 0.3 is 0 Å². The monoisotopic (exact) mass is 522 g/mol. The fourth-order valence-electron chi connectivity index (χ4n) is 6.51. The lowest BCUT2D eigenvalue weighted by Crippen LogP contribution is -2.39. The number of carbonyl (C=O) groups excluding carboxylic acids is 1. The van der Waals surface area contributed by atoms with E-state index >= 15 is 0 Å². The summed E-state index contributed by atoms with van der Waals surface area (Å²) in [5.74, 6) is 0.955. The SMILES string of the molecule is Cc1ccc(NS(C)(=O)=O)c(C(=O)N2CCCC[C@H]2c2cc3nc(C4C[C@@H]5C[C@H]4CN5)c(C)cn3n2)c1. The second-order valence-electron chi connectivity index (χ2n) is 11.1. The Hall–Kier alpha value is -2.98. The molecule has 196 valence electrons. The third-order valence-electron chi connectivity index (χ3n) is 8.21. The molecule has 1 amide bonds. The zero-order valence-electron chi connectivity index (χ0n) is 21.6. The van der Waals surface area contributed by atoms with E-state index in [1.54, 1.807) is 18.2 Å². The van der Waals surface area contributed by atoms with Crippen LogP contribution in [0.25, 0.3) is 5.65 Å². The Balaban J connectivity index is 1.33. The smallest absolute Gasteiger partial charge is 0.256 e. The van der Waals surface area contributed by atoms with Crippen molar-refractivity contribution in [1.29, 1.82) is 0 Å². The van der Waals surface area contributed by atoms with Crippen LogP contribution in [-0.4, -0.2) is 59.2 Å². The van der Waals surface area contributed by atoms with Gasteiger partial charge in [0.05, 0.1) is 34.9 Å². The van der Waals surface area contributed by atoms with Gasteiger partial charge in [0.15, 0.2) is 5.65 Å². The Morgan fingerprint density at radius 2 is 2.00 bits per heavy atom. The molecule has 6 rings (SSSR count). The largest absolute Gasteiger partial charge is 0.330 e. The predicted octanol–water partition coefficient (Wildman–Crippen LogP) is 3.55. The second-order valence-corrected chi connectivity index (χ2v) is 12.8. The molecule has 2 N–H and O–H groups in total. The van der Waals surface area contributed by atoms with E-state index in [-0.39, 0.29) is 11.9 Å². The van der Waals surface area contributed by atoms with Crippen molar-refractivity contribution in [2.24, 2.45) is 5.92 Å². The Kier molecular flexibility index (Phi) is 5.99. The lowest BCUT2D eigenvalue weighted by molar-refractivity contribution is 0.0606. The molecule has 2 bridgehead atoms. The molecule has 1 unspecified atom stereocenters. The summed E-state index contributed by atoms with van der Waals surface area (Å²) in [5.41, 5.74) is 5.55. The molecule has 4 heterocycles. The van der Waals surface area contributed by atoms with E-state index in [9.17, 15) is 13.2 Å². The molecule has 10 heteroatoms. The van der Waals surface area contributed by atoms with Gasteiger partial charge in [0.2, 0.25) is 10.0 Å². The van der Waals surface area contributed by atoms with Crippen molar-refractivity contribution in [2.75, 3.05) is 24.1 Å². The van der Waals surface area contributed by atoms with Crippen LogP contribution in [0.1, 0.15) is 76.9 Å². The lowest BCUT2D eigenvalue weighted by atomic mass is 9.90. The van der Waals surface area contributed by atoms with E-state index in [4.69, 9.17) is 10.1 Å². The third kappa shape index (κ3) is 4.61. The van der Waals surface area contributed by atoms with Crippen LogP contribution in [0.2, 0.25) is 0 Å². The number of piperidine rings is 2. The van der Waals surface area contributed by atoms with Gasteiger partial charge < -0.3 is 10.2 Å². The number of carbonyl (C=O) groups is 1. The maximum absolute atomic E-state index is 13.8. The van der Waals surface area contributed by atoms with Gasteiger partial charge in [-0.05, 0) is 76.1 Å². The summed E-state index contributed by atoms with van der Waals surface area (Å²) >= 11 is 0. The molecular formula is C27H34N6O3S. The van der Waals surface area contributed by atoms with Crippen molar-refractivity contribution in [3.63, 3.8) is 0 Å². The van der Waals surface area contributed by atoms with Crippen molar-refractivity contribution in [2.45, 2.75) is 64.0 Å². The lowest BCUT2D eigenvalue weighted by Gasteiger charge is -2.35. The Morgan fingerprint density at radius 3 is 2.73 bits per heavy atom. The normalized spacial score (nSPS) is 25.6. The first kappa shape index (κ1) is 24.4. The molecule has 2 saturated heterocycles. The van der Waals surface area contributed by atoms with Crippen molar-refractivity contribution in [3.05, 3.63) is 58.5 Å². The molecule has 3 aromatic rings. The van der Waals surface area contributed by atoms with Gasteiger partial charge in [0, 0.05) is 30.8 Å². The number of rotatable bonds is 5. The van der Waals surface area contributed by atoms with Gasteiger partial charge in [-0.15, -0.1) is 0 Å². The number of nitrogens with zero attached hydrogens (tertiary/aromatic N) is 4. The van der Waals surface area contributed by atoms with Gasteiger partial charge in [-0.1, -0.05) is 11.6 Å². The zero-order chi connectivity index (χ0) is 25.9. The van der Waals surface area contributed by atoms with Crippen LogP contribution in [0, 0.1) is 19.8 Å². The maximum Gasteiger partial charge on any atom is 0.256 e. The summed E-state index contributed by atoms with van der Waals surface area (Å²) in [5, 5.41) is 8.46. The van der Waals surface area contributed by atoms with Crippen LogP contribution >= 0.6 is 0 Å². The highest BCUT2D eigenvalue weighted by molar-refractivity contribution is 7.92. The number of nitrogens with one attached hydrogen (secondary N) is 2. The number of fused-ring (bicyclic) bond motifs is 3. The van der Waals surface area contributed by atoms with Gasteiger partial charge in [-0.3, -0.25) is 9.52 Å². The topological polar surface area (TPSA) is 109 Å². The Labute approximate surface area is 217 Å². The molecular weight excluding hydrogens is 488 g/mol. The molecule has 2 aromatic heterocycles. The van der Waals surface area contributed by atoms with E-state index in [2.05, 4.69) is 23.2 Å². The minimum absolute atomic E-state index is 0.184. The number of amides is 1. The molecule has 3 aliphatic rings. The van der Waals surface area contributed by atoms with Gasteiger partial charge in [-0.25, -0.2) is 17.9 Å². The number of aryl methyl sites for hydroxylation is 2. The van der Waals surface area contributed by atoms with Crippen LogP contribution in [0.3, 0.4) is 0 Å². The fourth-order valence-corrected chi connectivity index (χ4v) is 7.09. The summed E-state index contributed by atoms with van der Waals surface area (Å²) in [6.45, 7) is 5.68. The minimum Gasteiger partial charge on any atom is -0.330 e. The first-order valence-electron chi connectivity index (χ1n) is 13.2. The van der Waals surface area contributed by atoms with Crippen LogP contribution < -0.4 is 10.0 Å². The number of hydrogen-bond donors (Lipinski definition) is 2. The first-order chi connectivity index (χ1) is 17.7. The highest BCUT2D eigenvalue weighted by Gasteiger charge is 2.41. The van der Waals surface area contributed by atoms with E-state index < -0.39 is 10.0 Å². The Bertz CT molecular complexity index is 1480. The summed E-state index contributed by atoms with van der Waals surface area (Å²) in [7, 11) is -3.53. The summed E-state index contributed by atoms with van der Waals surface area (Å²) in [4.78, 5) is 20.8. The molecule has 0 spiro atoms. The van der Waals surface area contributed by atoms with Crippen LogP contribution in [0.5, 0.6) is 0 Å². The zero-order valence-corrected chi connectivity index (χ0v) is 22.4. The number of aromatic nitrogens is 3.